The third kappa shape index (κ3) is 5.92. The zero-order chi connectivity index (χ0) is 23.4. The fourth-order valence-electron chi connectivity index (χ4n) is 3.58. The number of benzene rings is 2. The van der Waals surface area contributed by atoms with Crippen molar-refractivity contribution < 1.29 is 19.0 Å². The quantitative estimate of drug-likeness (QED) is 0.506. The van der Waals surface area contributed by atoms with Crippen LogP contribution in [0.2, 0.25) is 5.02 Å². The summed E-state index contributed by atoms with van der Waals surface area (Å²) in [5.41, 5.74) is 2.27. The molecule has 1 fully saturated rings. The first-order chi connectivity index (χ1) is 15.2. The molecule has 1 amide bonds. The number of thiocarbonyl (C=S) groups is 1. The SMILES string of the molecule is COc1cc(C(=S)N2C[C@H](C)O[C@@H](C)C2)cc(Br)c1OCC(=O)Nc1cccc(Cl)c1C. The number of carbonyl (C=O) groups excluding carboxylic acids is 1. The van der Waals surface area contributed by atoms with E-state index in [2.05, 4.69) is 26.1 Å². The number of nitrogens with zero attached hydrogens (tertiary/aromatic N) is 1. The second kappa shape index (κ2) is 10.8. The molecule has 6 nitrogen and oxygen atoms in total. The highest BCUT2D eigenvalue weighted by atomic mass is 79.9. The number of nitrogens with one attached hydrogen (secondary N) is 1. The van der Waals surface area contributed by atoms with E-state index in [0.717, 1.165) is 24.2 Å². The van der Waals surface area contributed by atoms with E-state index in [1.165, 1.54) is 0 Å². The summed E-state index contributed by atoms with van der Waals surface area (Å²) in [7, 11) is 1.55. The molecule has 0 aromatic heterocycles. The number of halogens is 2. The first kappa shape index (κ1) is 24.8. The van der Waals surface area contributed by atoms with Gasteiger partial charge in [0.2, 0.25) is 0 Å². The first-order valence-electron chi connectivity index (χ1n) is 10.2. The molecule has 1 heterocycles. The van der Waals surface area contributed by atoms with Gasteiger partial charge in [-0.1, -0.05) is 29.9 Å². The Hall–Kier alpha value is -1.87. The zero-order valence-electron chi connectivity index (χ0n) is 18.4. The molecular weight excluding hydrogens is 516 g/mol. The maximum atomic E-state index is 12.4. The molecule has 0 unspecified atom stereocenters. The van der Waals surface area contributed by atoms with Gasteiger partial charge >= 0.3 is 0 Å². The van der Waals surface area contributed by atoms with E-state index < -0.39 is 0 Å². The minimum absolute atomic E-state index is 0.103. The lowest BCUT2D eigenvalue weighted by atomic mass is 10.1. The summed E-state index contributed by atoms with van der Waals surface area (Å²) in [6, 6.07) is 9.05. The number of rotatable bonds is 6. The Bertz CT molecular complexity index is 1010. The van der Waals surface area contributed by atoms with E-state index in [1.807, 2.05) is 32.9 Å². The van der Waals surface area contributed by atoms with Gasteiger partial charge in [-0.15, -0.1) is 0 Å². The van der Waals surface area contributed by atoms with Crippen LogP contribution in [0.15, 0.2) is 34.8 Å². The second-order valence-electron chi connectivity index (χ2n) is 7.71. The molecule has 3 rings (SSSR count). The van der Waals surface area contributed by atoms with Gasteiger partial charge in [0.25, 0.3) is 5.91 Å². The molecule has 2 atom stereocenters. The minimum Gasteiger partial charge on any atom is -0.493 e. The van der Waals surface area contributed by atoms with Crippen molar-refractivity contribution in [3.63, 3.8) is 0 Å². The van der Waals surface area contributed by atoms with Crippen molar-refractivity contribution in [1.29, 1.82) is 0 Å². The summed E-state index contributed by atoms with van der Waals surface area (Å²) >= 11 is 15.4. The van der Waals surface area contributed by atoms with Gasteiger partial charge in [-0.05, 0) is 66.5 Å². The average molecular weight is 542 g/mol. The Labute approximate surface area is 207 Å². The van der Waals surface area contributed by atoms with Crippen molar-refractivity contribution in [2.45, 2.75) is 33.0 Å². The lowest BCUT2D eigenvalue weighted by Crippen LogP contribution is -2.47. The molecule has 2 aromatic rings. The van der Waals surface area contributed by atoms with E-state index in [4.69, 9.17) is 38.0 Å². The first-order valence-corrected chi connectivity index (χ1v) is 11.8. The zero-order valence-corrected chi connectivity index (χ0v) is 21.6. The van der Waals surface area contributed by atoms with Crippen molar-refractivity contribution >= 4 is 56.3 Å². The van der Waals surface area contributed by atoms with Gasteiger partial charge in [0.1, 0.15) is 4.99 Å². The van der Waals surface area contributed by atoms with Gasteiger partial charge in [-0.25, -0.2) is 0 Å². The number of ether oxygens (including phenoxy) is 3. The molecule has 0 bridgehead atoms. The predicted octanol–water partition coefficient (Wildman–Crippen LogP) is 5.22. The Balaban J connectivity index is 1.71. The summed E-state index contributed by atoms with van der Waals surface area (Å²) in [4.78, 5) is 15.3. The standard InChI is InChI=1S/C23H26BrClN2O4S/c1-13-10-27(11-14(2)31-13)23(32)16-8-17(24)22(20(9-16)29-4)30-12-21(28)26-19-7-5-6-18(25)15(19)3/h5-9,13-14H,10-12H2,1-4H3,(H,26,28)/t13-,14-/m0/s1. The van der Waals surface area contributed by atoms with Crippen LogP contribution in [0.25, 0.3) is 0 Å². The van der Waals surface area contributed by atoms with Gasteiger partial charge < -0.3 is 24.4 Å². The summed E-state index contributed by atoms with van der Waals surface area (Å²) in [5, 5.41) is 3.40. The van der Waals surface area contributed by atoms with E-state index >= 15 is 0 Å². The average Bonchev–Trinajstić information content (AvgIpc) is 2.74. The largest absolute Gasteiger partial charge is 0.493 e. The lowest BCUT2D eigenvalue weighted by Gasteiger charge is -2.37. The molecule has 0 spiro atoms. The van der Waals surface area contributed by atoms with Crippen LogP contribution in [0.5, 0.6) is 11.5 Å². The van der Waals surface area contributed by atoms with Gasteiger partial charge in [0.05, 0.1) is 23.8 Å². The molecule has 32 heavy (non-hydrogen) atoms. The van der Waals surface area contributed by atoms with E-state index in [9.17, 15) is 4.79 Å². The summed E-state index contributed by atoms with van der Waals surface area (Å²) in [6.45, 7) is 7.18. The van der Waals surface area contributed by atoms with Crippen LogP contribution in [0, 0.1) is 6.92 Å². The number of carbonyl (C=O) groups is 1. The summed E-state index contributed by atoms with van der Waals surface area (Å²) in [5.74, 6) is 0.610. The minimum atomic E-state index is -0.305. The maximum absolute atomic E-state index is 12.4. The summed E-state index contributed by atoms with van der Waals surface area (Å²) in [6.07, 6.45) is 0.206. The lowest BCUT2D eigenvalue weighted by molar-refractivity contribution is -0.118. The maximum Gasteiger partial charge on any atom is 0.262 e. The topological polar surface area (TPSA) is 60.0 Å². The van der Waals surface area contributed by atoms with Gasteiger partial charge in [0, 0.05) is 29.4 Å². The number of amides is 1. The van der Waals surface area contributed by atoms with Crippen LogP contribution in [0.4, 0.5) is 5.69 Å². The molecule has 9 heteroatoms. The number of hydrogen-bond acceptors (Lipinski definition) is 5. The van der Waals surface area contributed by atoms with Crippen LogP contribution >= 0.6 is 39.7 Å². The second-order valence-corrected chi connectivity index (χ2v) is 9.35. The smallest absolute Gasteiger partial charge is 0.262 e. The Morgan fingerprint density at radius 1 is 1.31 bits per heavy atom. The highest BCUT2D eigenvalue weighted by Crippen LogP contribution is 2.37. The van der Waals surface area contributed by atoms with Crippen molar-refractivity contribution in [3.8, 4) is 11.5 Å². The van der Waals surface area contributed by atoms with Crippen LogP contribution in [-0.2, 0) is 9.53 Å². The molecule has 0 saturated carbocycles. The normalized spacial score (nSPS) is 18.2. The molecule has 2 aromatic carbocycles. The fraction of sp³-hybridized carbons (Fsp3) is 0.391. The molecule has 1 aliphatic rings. The van der Waals surface area contributed by atoms with Crippen LogP contribution in [0.3, 0.4) is 0 Å². The van der Waals surface area contributed by atoms with Gasteiger partial charge in [-0.3, -0.25) is 4.79 Å². The van der Waals surface area contributed by atoms with E-state index in [0.29, 0.717) is 31.7 Å². The number of morpholine rings is 1. The van der Waals surface area contributed by atoms with Crippen molar-refractivity contribution in [3.05, 3.63) is 51.0 Å². The van der Waals surface area contributed by atoms with Crippen LogP contribution in [-0.4, -0.2) is 54.8 Å². The van der Waals surface area contributed by atoms with Crippen molar-refractivity contribution in [1.82, 2.24) is 4.90 Å². The van der Waals surface area contributed by atoms with Gasteiger partial charge in [-0.2, -0.15) is 0 Å². The fourth-order valence-corrected chi connectivity index (χ4v) is 4.57. The molecule has 172 valence electrons. The molecular formula is C23H26BrClN2O4S. The van der Waals surface area contributed by atoms with Crippen LogP contribution in [0.1, 0.15) is 25.0 Å². The highest BCUT2D eigenvalue weighted by molar-refractivity contribution is 9.10. The molecule has 1 saturated heterocycles. The third-order valence-electron chi connectivity index (χ3n) is 5.07. The third-order valence-corrected chi connectivity index (χ3v) is 6.56. The van der Waals surface area contributed by atoms with E-state index in [-0.39, 0.29) is 24.7 Å². The molecule has 1 N–H and O–H groups in total. The Kier molecular flexibility index (Phi) is 8.38. The monoisotopic (exact) mass is 540 g/mol. The van der Waals surface area contributed by atoms with E-state index in [1.54, 1.807) is 25.3 Å². The number of methoxy groups -OCH3 is 1. The Morgan fingerprint density at radius 3 is 2.66 bits per heavy atom. The highest BCUT2D eigenvalue weighted by Gasteiger charge is 2.26. The van der Waals surface area contributed by atoms with Gasteiger partial charge in [0.15, 0.2) is 18.1 Å². The Morgan fingerprint density at radius 2 is 2.00 bits per heavy atom. The number of hydrogen-bond donors (Lipinski definition) is 1. The molecule has 1 aliphatic heterocycles. The van der Waals surface area contributed by atoms with Crippen molar-refractivity contribution in [2.24, 2.45) is 0 Å². The molecule has 0 radical (unpaired) electrons. The van der Waals surface area contributed by atoms with Crippen molar-refractivity contribution in [2.75, 3.05) is 32.1 Å². The number of anilines is 1. The molecule has 0 aliphatic carbocycles. The van der Waals surface area contributed by atoms with Crippen LogP contribution < -0.4 is 14.8 Å². The summed E-state index contributed by atoms with van der Waals surface area (Å²) < 4.78 is 17.8. The predicted molar refractivity (Wildman–Crippen MR) is 134 cm³/mol.